The molecular weight excluding hydrogens is 277 g/mol. The van der Waals surface area contributed by atoms with E-state index in [4.69, 9.17) is 9.05 Å². The van der Waals surface area contributed by atoms with E-state index in [1.54, 1.807) is 14.2 Å². The van der Waals surface area contributed by atoms with Crippen LogP contribution < -0.4 is 0 Å². The fourth-order valence-electron chi connectivity index (χ4n) is 1.03. The molecule has 0 N–H and O–H groups in total. The summed E-state index contributed by atoms with van der Waals surface area (Å²) in [5, 5.41) is -1.60. The third-order valence-electron chi connectivity index (χ3n) is 1.41. The molecule has 0 aliphatic heterocycles. The van der Waals surface area contributed by atoms with Crippen LogP contribution in [0.2, 0.25) is 9.94 Å². The van der Waals surface area contributed by atoms with Crippen molar-refractivity contribution in [3.05, 3.63) is 0 Å². The van der Waals surface area contributed by atoms with Crippen molar-refractivity contribution < 1.29 is 9.05 Å². The molecular formula is C6H18NO2PTe. The third-order valence-corrected chi connectivity index (χ3v) is 17.5. The second-order valence-corrected chi connectivity index (χ2v) is 18.2. The number of hydrogen-bond donors (Lipinski definition) is 0. The van der Waals surface area contributed by atoms with E-state index >= 15 is 0 Å². The van der Waals surface area contributed by atoms with Crippen LogP contribution in [0.5, 0.6) is 0 Å². The zero-order valence-electron chi connectivity index (χ0n) is 8.12. The molecule has 5 heteroatoms. The van der Waals surface area contributed by atoms with Gasteiger partial charge in [-0.05, 0) is 0 Å². The molecule has 0 aliphatic rings. The van der Waals surface area contributed by atoms with Crippen molar-refractivity contribution in [1.29, 1.82) is 0 Å². The first-order valence-corrected chi connectivity index (χ1v) is 12.6. The summed E-state index contributed by atoms with van der Waals surface area (Å²) in [6.07, 6.45) is 0. The van der Waals surface area contributed by atoms with Gasteiger partial charge in [-0.15, -0.1) is 0 Å². The first kappa shape index (κ1) is 12.1. The summed E-state index contributed by atoms with van der Waals surface area (Å²) in [5.74, 6) is 0. The fourth-order valence-corrected chi connectivity index (χ4v) is 13.8. The normalized spacial score (nSPS) is 13.1. The molecule has 0 aromatic heterocycles. The Morgan fingerprint density at radius 3 is 1.45 bits per heavy atom. The van der Waals surface area contributed by atoms with Gasteiger partial charge < -0.3 is 0 Å². The van der Waals surface area contributed by atoms with E-state index < -0.39 is 23.6 Å². The van der Waals surface area contributed by atoms with Crippen LogP contribution in [0.3, 0.4) is 0 Å². The molecule has 70 valence electrons. The van der Waals surface area contributed by atoms with Crippen LogP contribution in [-0.4, -0.2) is 51.5 Å². The minimum atomic E-state index is -1.60. The summed E-state index contributed by atoms with van der Waals surface area (Å²) >= 11 is -1.18. The van der Waals surface area contributed by atoms with Crippen molar-refractivity contribution in [1.82, 2.24) is 4.67 Å². The van der Waals surface area contributed by atoms with Gasteiger partial charge in [0.25, 0.3) is 0 Å². The van der Waals surface area contributed by atoms with Gasteiger partial charge in [-0.25, -0.2) is 0 Å². The Morgan fingerprint density at radius 1 is 1.09 bits per heavy atom. The van der Waals surface area contributed by atoms with Gasteiger partial charge in [0.15, 0.2) is 0 Å². The van der Waals surface area contributed by atoms with Crippen LogP contribution in [0.25, 0.3) is 0 Å². The van der Waals surface area contributed by atoms with Crippen LogP contribution in [0, 0.1) is 0 Å². The van der Waals surface area contributed by atoms with Gasteiger partial charge in [-0.2, -0.15) is 0 Å². The summed E-state index contributed by atoms with van der Waals surface area (Å²) < 4.78 is 13.1. The Hall–Kier alpha value is 1.10. The van der Waals surface area contributed by atoms with Crippen molar-refractivity contribution >= 4 is 23.6 Å². The second kappa shape index (κ2) is 4.97. The first-order valence-electron chi connectivity index (χ1n) is 3.28. The van der Waals surface area contributed by atoms with Crippen molar-refractivity contribution in [3.63, 3.8) is 0 Å². The Kier molecular flexibility index (Phi) is 5.46. The quantitative estimate of drug-likeness (QED) is 0.586. The van der Waals surface area contributed by atoms with Crippen molar-refractivity contribution in [3.8, 4) is 0 Å². The van der Waals surface area contributed by atoms with E-state index in [0.29, 0.717) is 0 Å². The Balaban J connectivity index is 4.95. The molecule has 0 bridgehead atoms. The molecule has 0 aromatic rings. The number of nitrogens with zero attached hydrogens (tertiary/aromatic N) is 1. The predicted molar refractivity (Wildman–Crippen MR) is 52.1 cm³/mol. The van der Waals surface area contributed by atoms with Crippen molar-refractivity contribution in [2.45, 2.75) is 9.94 Å². The molecule has 0 aliphatic carbocycles. The summed E-state index contributed by atoms with van der Waals surface area (Å²) in [5.41, 5.74) is 0. The van der Waals surface area contributed by atoms with Crippen molar-refractivity contribution in [2.24, 2.45) is 0 Å². The van der Waals surface area contributed by atoms with Gasteiger partial charge >= 0.3 is 75.6 Å². The molecule has 0 radical (unpaired) electrons. The number of rotatable bonds is 3. The first-order chi connectivity index (χ1) is 5.01. The van der Waals surface area contributed by atoms with Crippen LogP contribution in [0.4, 0.5) is 0 Å². The van der Waals surface area contributed by atoms with Gasteiger partial charge in [0.05, 0.1) is 0 Å². The maximum absolute atomic E-state index is 5.50. The molecule has 0 unspecified atom stereocenters. The van der Waals surface area contributed by atoms with Gasteiger partial charge in [-0.3, -0.25) is 0 Å². The van der Waals surface area contributed by atoms with Gasteiger partial charge in [0.2, 0.25) is 0 Å². The third kappa shape index (κ3) is 2.52. The minimum absolute atomic E-state index is 1.18. The van der Waals surface area contributed by atoms with Crippen LogP contribution in [0.15, 0.2) is 0 Å². The summed E-state index contributed by atoms with van der Waals surface area (Å²) in [6, 6.07) is 0. The standard InChI is InChI=1S/C6H18NO2PTe/c1-7(2)10(8-3,9-4)11(5)6/h1-6H3. The summed E-state index contributed by atoms with van der Waals surface area (Å²) in [7, 11) is 7.56. The molecule has 0 spiro atoms. The zero-order chi connectivity index (χ0) is 9.07. The summed E-state index contributed by atoms with van der Waals surface area (Å²) in [6.45, 7) is 0. The maximum atomic E-state index is 5.50. The number of hydrogen-bond acceptors (Lipinski definition) is 3. The molecule has 0 atom stereocenters. The van der Waals surface area contributed by atoms with Crippen LogP contribution in [0.1, 0.15) is 0 Å². The molecule has 0 fully saturated rings. The molecule has 0 saturated heterocycles. The average Bonchev–Trinajstić information content (AvgIpc) is 1.90. The molecule has 3 nitrogen and oxygen atoms in total. The molecule has 0 aromatic carbocycles. The average molecular weight is 295 g/mol. The molecule has 0 heterocycles. The Labute approximate surface area is 75.6 Å². The second-order valence-electron chi connectivity index (χ2n) is 2.45. The van der Waals surface area contributed by atoms with E-state index in [0.717, 1.165) is 0 Å². The van der Waals surface area contributed by atoms with E-state index in [2.05, 4.69) is 14.6 Å². The Bertz CT molecular complexity index is 169. The van der Waals surface area contributed by atoms with Gasteiger partial charge in [-0.1, -0.05) is 0 Å². The van der Waals surface area contributed by atoms with E-state index in [9.17, 15) is 0 Å². The van der Waals surface area contributed by atoms with Crippen molar-refractivity contribution in [2.75, 3.05) is 28.3 Å². The molecule has 0 saturated carbocycles. The van der Waals surface area contributed by atoms with Crippen LogP contribution in [-0.2, 0) is 9.05 Å². The predicted octanol–water partition coefficient (Wildman–Crippen LogP) is 1.85. The Morgan fingerprint density at radius 2 is 1.45 bits per heavy atom. The van der Waals surface area contributed by atoms with E-state index in [-0.39, 0.29) is 0 Å². The molecule has 0 rings (SSSR count). The SMILES string of the molecule is COP(OC)(N(C)C)=[Te](C)C. The van der Waals surface area contributed by atoms with Gasteiger partial charge in [0.1, 0.15) is 0 Å². The fraction of sp³-hybridized carbons (Fsp3) is 1.00. The van der Waals surface area contributed by atoms with Gasteiger partial charge in [0, 0.05) is 0 Å². The summed E-state index contributed by atoms with van der Waals surface area (Å²) in [4.78, 5) is 4.56. The van der Waals surface area contributed by atoms with Crippen LogP contribution >= 0.6 is 5.09 Å². The molecule has 11 heavy (non-hydrogen) atoms. The van der Waals surface area contributed by atoms with E-state index in [1.807, 2.05) is 14.1 Å². The topological polar surface area (TPSA) is 21.7 Å². The van der Waals surface area contributed by atoms with E-state index in [1.165, 1.54) is 0 Å². The molecule has 0 amide bonds. The monoisotopic (exact) mass is 297 g/mol. The zero-order valence-corrected chi connectivity index (χ0v) is 11.3.